The summed E-state index contributed by atoms with van der Waals surface area (Å²) in [6.07, 6.45) is 1.83. The number of thioether (sulfide) groups is 1. The average molecular weight is 545 g/mol. The van der Waals surface area contributed by atoms with E-state index in [9.17, 15) is 4.79 Å². The molecule has 0 radical (unpaired) electrons. The summed E-state index contributed by atoms with van der Waals surface area (Å²) in [6.45, 7) is 4.34. The molecule has 7 heteroatoms. The van der Waals surface area contributed by atoms with Gasteiger partial charge in [0.2, 0.25) is 0 Å². The minimum atomic E-state index is -0.135. The summed E-state index contributed by atoms with van der Waals surface area (Å²) in [5, 5.41) is 0.653. The number of anilines is 1. The second-order valence-corrected chi connectivity index (χ2v) is 10.4. The number of thiocarbonyl (C=S) groups is 1. The molecule has 1 amide bonds. The van der Waals surface area contributed by atoms with Crippen LogP contribution in [0.15, 0.2) is 70.0 Å². The quantitative estimate of drug-likeness (QED) is 0.243. The highest BCUT2D eigenvalue weighted by atomic mass is 79.9. The molecule has 1 saturated heterocycles. The van der Waals surface area contributed by atoms with Crippen molar-refractivity contribution in [2.45, 2.75) is 20.5 Å². The fourth-order valence-corrected chi connectivity index (χ4v) is 5.25. The van der Waals surface area contributed by atoms with E-state index in [1.54, 1.807) is 4.90 Å². The number of amides is 1. The van der Waals surface area contributed by atoms with Gasteiger partial charge >= 0.3 is 0 Å². The first-order chi connectivity index (χ1) is 15.3. The molecule has 3 aromatic carbocycles. The van der Waals surface area contributed by atoms with Crippen molar-refractivity contribution in [1.82, 2.24) is 0 Å². The Morgan fingerprint density at radius 1 is 1.12 bits per heavy atom. The summed E-state index contributed by atoms with van der Waals surface area (Å²) in [5.74, 6) is 0.522. The van der Waals surface area contributed by atoms with Crippen LogP contribution in [0.5, 0.6) is 5.75 Å². The van der Waals surface area contributed by atoms with Gasteiger partial charge in [0.25, 0.3) is 5.91 Å². The molecule has 3 nitrogen and oxygen atoms in total. The highest BCUT2D eigenvalue weighted by Crippen LogP contribution is 2.39. The van der Waals surface area contributed by atoms with Gasteiger partial charge in [-0.1, -0.05) is 87.4 Å². The van der Waals surface area contributed by atoms with Gasteiger partial charge in [0, 0.05) is 20.6 Å². The van der Waals surface area contributed by atoms with Crippen molar-refractivity contribution in [2.24, 2.45) is 0 Å². The lowest BCUT2D eigenvalue weighted by atomic mass is 10.1. The van der Waals surface area contributed by atoms with Gasteiger partial charge in [-0.05, 0) is 55.8 Å². The Bertz CT molecular complexity index is 1260. The van der Waals surface area contributed by atoms with Crippen molar-refractivity contribution in [3.05, 3.63) is 97.3 Å². The van der Waals surface area contributed by atoms with E-state index in [2.05, 4.69) is 15.9 Å². The smallest absolute Gasteiger partial charge is 0.270 e. The number of carbonyl (C=O) groups is 1. The van der Waals surface area contributed by atoms with E-state index in [-0.39, 0.29) is 5.91 Å². The Morgan fingerprint density at radius 3 is 2.66 bits per heavy atom. The van der Waals surface area contributed by atoms with E-state index in [4.69, 9.17) is 28.6 Å². The first kappa shape index (κ1) is 23.1. The topological polar surface area (TPSA) is 29.5 Å². The monoisotopic (exact) mass is 543 g/mol. The highest BCUT2D eigenvalue weighted by Gasteiger charge is 2.34. The number of carbonyl (C=O) groups excluding carboxylic acids is 1. The Balaban J connectivity index is 1.63. The summed E-state index contributed by atoms with van der Waals surface area (Å²) in [5.41, 5.74) is 4.64. The Morgan fingerprint density at radius 2 is 1.91 bits per heavy atom. The van der Waals surface area contributed by atoms with Crippen molar-refractivity contribution < 1.29 is 9.53 Å². The van der Waals surface area contributed by atoms with Crippen molar-refractivity contribution >= 4 is 73.5 Å². The molecule has 0 unspecified atom stereocenters. The molecule has 4 rings (SSSR count). The number of nitrogens with zero attached hydrogens (tertiary/aromatic N) is 1. The van der Waals surface area contributed by atoms with Crippen molar-refractivity contribution in [2.75, 3.05) is 4.90 Å². The molecule has 32 heavy (non-hydrogen) atoms. The summed E-state index contributed by atoms with van der Waals surface area (Å²) >= 11 is 16.6. The van der Waals surface area contributed by atoms with Gasteiger partial charge in [0.1, 0.15) is 12.4 Å². The number of aryl methyl sites for hydroxylation is 2. The van der Waals surface area contributed by atoms with E-state index in [1.807, 2.05) is 80.6 Å². The number of rotatable bonds is 5. The van der Waals surface area contributed by atoms with Crippen LogP contribution in [0.4, 0.5) is 5.69 Å². The van der Waals surface area contributed by atoms with Crippen LogP contribution in [0.3, 0.4) is 0 Å². The predicted octanol–water partition coefficient (Wildman–Crippen LogP) is 7.70. The molecule has 3 aromatic rings. The maximum absolute atomic E-state index is 13.3. The van der Waals surface area contributed by atoms with Gasteiger partial charge < -0.3 is 4.74 Å². The van der Waals surface area contributed by atoms with Crippen molar-refractivity contribution in [1.29, 1.82) is 0 Å². The number of ether oxygens (including phenoxy) is 1. The zero-order valence-electron chi connectivity index (χ0n) is 17.4. The van der Waals surface area contributed by atoms with Crippen LogP contribution < -0.4 is 9.64 Å². The molecule has 1 aliphatic heterocycles. The van der Waals surface area contributed by atoms with Crippen LogP contribution in [0, 0.1) is 13.8 Å². The maximum atomic E-state index is 13.3. The second kappa shape index (κ2) is 9.79. The molecular formula is C25H19BrClNO2S2. The molecule has 1 aliphatic rings. The summed E-state index contributed by atoms with van der Waals surface area (Å²) in [4.78, 5) is 15.4. The third-order valence-electron chi connectivity index (χ3n) is 4.99. The van der Waals surface area contributed by atoms with Crippen LogP contribution >= 0.6 is 51.5 Å². The Hall–Kier alpha value is -2.12. The van der Waals surface area contributed by atoms with Gasteiger partial charge in [-0.3, -0.25) is 9.69 Å². The minimum absolute atomic E-state index is 0.135. The van der Waals surface area contributed by atoms with Gasteiger partial charge in [-0.15, -0.1) is 0 Å². The first-order valence-electron chi connectivity index (χ1n) is 9.84. The number of hydrogen-bond donors (Lipinski definition) is 0. The molecule has 0 atom stereocenters. The van der Waals surface area contributed by atoms with Crippen LogP contribution in [0.2, 0.25) is 5.02 Å². The molecule has 1 heterocycles. The lowest BCUT2D eigenvalue weighted by Gasteiger charge is -2.17. The molecule has 162 valence electrons. The second-order valence-electron chi connectivity index (χ2n) is 7.37. The highest BCUT2D eigenvalue weighted by molar-refractivity contribution is 9.10. The zero-order valence-corrected chi connectivity index (χ0v) is 21.4. The van der Waals surface area contributed by atoms with E-state index < -0.39 is 0 Å². The summed E-state index contributed by atoms with van der Waals surface area (Å²) in [7, 11) is 0. The summed E-state index contributed by atoms with van der Waals surface area (Å²) in [6, 6.07) is 19.2. The van der Waals surface area contributed by atoms with E-state index in [0.29, 0.717) is 26.6 Å². The first-order valence-corrected chi connectivity index (χ1v) is 12.2. The fraction of sp³-hybridized carbons (Fsp3) is 0.120. The average Bonchev–Trinajstić information content (AvgIpc) is 3.02. The predicted molar refractivity (Wildman–Crippen MR) is 141 cm³/mol. The third kappa shape index (κ3) is 4.94. The summed E-state index contributed by atoms with van der Waals surface area (Å²) < 4.78 is 7.46. The van der Waals surface area contributed by atoms with Crippen LogP contribution in [-0.2, 0) is 11.4 Å². The lowest BCUT2D eigenvalue weighted by molar-refractivity contribution is -0.113. The largest absolute Gasteiger partial charge is 0.488 e. The Kier molecular flexibility index (Phi) is 7.05. The SMILES string of the molecule is Cc1ccc(N2C(=O)/C(=C/c3cc(Br)ccc3OCc3ccccc3Cl)SC2=S)c(C)c1. The van der Waals surface area contributed by atoms with Crippen LogP contribution in [-0.4, -0.2) is 10.2 Å². The molecule has 0 aliphatic carbocycles. The van der Waals surface area contributed by atoms with Gasteiger partial charge in [-0.2, -0.15) is 0 Å². The van der Waals surface area contributed by atoms with E-state index in [1.165, 1.54) is 11.8 Å². The molecule has 0 aromatic heterocycles. The molecule has 0 N–H and O–H groups in total. The minimum Gasteiger partial charge on any atom is -0.488 e. The molecule has 1 fully saturated rings. The van der Waals surface area contributed by atoms with Crippen LogP contribution in [0.1, 0.15) is 22.3 Å². The van der Waals surface area contributed by atoms with Gasteiger partial charge in [0.05, 0.1) is 10.6 Å². The Labute approximate surface area is 210 Å². The van der Waals surface area contributed by atoms with Crippen molar-refractivity contribution in [3.63, 3.8) is 0 Å². The number of hydrogen-bond acceptors (Lipinski definition) is 4. The lowest BCUT2D eigenvalue weighted by Crippen LogP contribution is -2.28. The van der Waals surface area contributed by atoms with E-state index in [0.717, 1.165) is 32.4 Å². The molecule has 0 spiro atoms. The normalized spacial score (nSPS) is 15.0. The third-order valence-corrected chi connectivity index (χ3v) is 7.15. The standard InChI is InChI=1S/C25H19BrClNO2S2/c1-15-7-9-21(16(2)11-15)28-24(29)23(32-25(28)31)13-18-12-19(26)8-10-22(18)30-14-17-5-3-4-6-20(17)27/h3-13H,14H2,1-2H3/b23-13-. The zero-order chi connectivity index (χ0) is 22.8. The molecule has 0 bridgehead atoms. The van der Waals surface area contributed by atoms with Gasteiger partial charge in [-0.25, -0.2) is 0 Å². The van der Waals surface area contributed by atoms with Crippen LogP contribution in [0.25, 0.3) is 6.08 Å². The van der Waals surface area contributed by atoms with Gasteiger partial charge in [0.15, 0.2) is 4.32 Å². The fourth-order valence-electron chi connectivity index (χ4n) is 3.41. The van der Waals surface area contributed by atoms with E-state index >= 15 is 0 Å². The maximum Gasteiger partial charge on any atom is 0.270 e. The number of halogens is 2. The van der Waals surface area contributed by atoms with Crippen molar-refractivity contribution in [3.8, 4) is 5.75 Å². The molecular weight excluding hydrogens is 526 g/mol. The number of benzene rings is 3. The molecule has 0 saturated carbocycles.